The van der Waals surface area contributed by atoms with E-state index < -0.39 is 24.5 Å². The Morgan fingerprint density at radius 3 is 2.61 bits per heavy atom. The normalized spacial score (nSPS) is 13.6. The molecule has 160 valence electrons. The van der Waals surface area contributed by atoms with Crippen LogP contribution < -0.4 is 20.8 Å². The molecular formula is C23H19ClNO6-. The number of amides is 1. The summed E-state index contributed by atoms with van der Waals surface area (Å²) in [5.41, 5.74) is 2.49. The first kappa shape index (κ1) is 20.9. The third-order valence-corrected chi connectivity index (χ3v) is 5.54. The highest BCUT2D eigenvalue weighted by Crippen LogP contribution is 2.29. The standard InChI is InChI=1S/C23H20ClNO6/c24-14-6-4-13(5-7-14)10-19(22(27)28)25-21(26)12-30-15-8-9-17-16-2-1-3-18(16)23(29)31-20(17)11-15/h4-9,11,19H,1-3,10,12H2,(H,25,26)(H,27,28)/p-1/t19-/m1/s1. The third kappa shape index (κ3) is 4.72. The van der Waals surface area contributed by atoms with Crippen LogP contribution in [0.1, 0.15) is 23.1 Å². The first-order chi connectivity index (χ1) is 14.9. The van der Waals surface area contributed by atoms with Crippen LogP contribution in [0.25, 0.3) is 11.0 Å². The Balaban J connectivity index is 1.41. The number of fused-ring (bicyclic) bond motifs is 3. The van der Waals surface area contributed by atoms with Crippen molar-refractivity contribution in [3.63, 3.8) is 0 Å². The number of carbonyl (C=O) groups is 2. The van der Waals surface area contributed by atoms with Crippen LogP contribution in [0, 0.1) is 0 Å². The minimum atomic E-state index is -1.40. The summed E-state index contributed by atoms with van der Waals surface area (Å²) in [6, 6.07) is 10.5. The molecule has 0 saturated heterocycles. The van der Waals surface area contributed by atoms with Gasteiger partial charge in [-0.2, -0.15) is 0 Å². The number of aryl methyl sites for hydroxylation is 1. The number of aliphatic carboxylic acids is 1. The monoisotopic (exact) mass is 440 g/mol. The highest BCUT2D eigenvalue weighted by Gasteiger charge is 2.20. The molecule has 0 bridgehead atoms. The van der Waals surface area contributed by atoms with Gasteiger partial charge in [-0.05, 0) is 61.1 Å². The Kier molecular flexibility index (Phi) is 5.95. The molecule has 31 heavy (non-hydrogen) atoms. The molecule has 1 N–H and O–H groups in total. The second-order valence-electron chi connectivity index (χ2n) is 7.42. The fraction of sp³-hybridized carbons (Fsp3) is 0.261. The molecule has 0 unspecified atom stereocenters. The van der Waals surface area contributed by atoms with Crippen LogP contribution in [0.15, 0.2) is 51.7 Å². The van der Waals surface area contributed by atoms with E-state index in [9.17, 15) is 19.5 Å². The molecule has 1 amide bonds. The quantitative estimate of drug-likeness (QED) is 0.561. The van der Waals surface area contributed by atoms with Crippen molar-refractivity contribution in [3.05, 3.63) is 74.6 Å². The maximum Gasteiger partial charge on any atom is 0.339 e. The molecule has 0 aliphatic heterocycles. The summed E-state index contributed by atoms with van der Waals surface area (Å²) in [5, 5.41) is 15.2. The first-order valence-corrected chi connectivity index (χ1v) is 10.2. The van der Waals surface area contributed by atoms with Gasteiger partial charge in [-0.25, -0.2) is 4.79 Å². The maximum atomic E-state index is 12.2. The highest BCUT2D eigenvalue weighted by atomic mass is 35.5. The number of carboxylic acids is 1. The van der Waals surface area contributed by atoms with Crippen LogP contribution in [0.5, 0.6) is 5.75 Å². The molecule has 0 spiro atoms. The van der Waals surface area contributed by atoms with Crippen molar-refractivity contribution < 1.29 is 23.8 Å². The van der Waals surface area contributed by atoms with Crippen LogP contribution in [0.3, 0.4) is 0 Å². The summed E-state index contributed by atoms with van der Waals surface area (Å²) in [6.07, 6.45) is 2.53. The van der Waals surface area contributed by atoms with E-state index in [1.165, 1.54) is 0 Å². The Morgan fingerprint density at radius 1 is 1.13 bits per heavy atom. The number of carbonyl (C=O) groups excluding carboxylic acids is 2. The average molecular weight is 441 g/mol. The van der Waals surface area contributed by atoms with Gasteiger partial charge in [0, 0.05) is 22.0 Å². The largest absolute Gasteiger partial charge is 0.548 e. The van der Waals surface area contributed by atoms with E-state index in [2.05, 4.69) is 5.32 Å². The topological polar surface area (TPSA) is 109 Å². The summed E-state index contributed by atoms with van der Waals surface area (Å²) in [5.74, 6) is -1.67. The van der Waals surface area contributed by atoms with Crippen molar-refractivity contribution in [3.8, 4) is 5.75 Å². The average Bonchev–Trinajstić information content (AvgIpc) is 3.24. The number of nitrogens with one attached hydrogen (secondary N) is 1. The zero-order valence-corrected chi connectivity index (χ0v) is 17.2. The van der Waals surface area contributed by atoms with Crippen LogP contribution >= 0.6 is 11.6 Å². The number of hydrogen-bond donors (Lipinski definition) is 1. The first-order valence-electron chi connectivity index (χ1n) is 9.87. The van der Waals surface area contributed by atoms with Crippen molar-refractivity contribution >= 4 is 34.4 Å². The van der Waals surface area contributed by atoms with Crippen LogP contribution in [-0.2, 0) is 28.9 Å². The fourth-order valence-electron chi connectivity index (χ4n) is 3.79. The molecular weight excluding hydrogens is 422 g/mol. The molecule has 4 rings (SSSR count). The van der Waals surface area contributed by atoms with Gasteiger partial charge in [0.15, 0.2) is 6.61 Å². The molecule has 7 nitrogen and oxygen atoms in total. The van der Waals surface area contributed by atoms with Crippen LogP contribution in [0.4, 0.5) is 0 Å². The predicted molar refractivity (Wildman–Crippen MR) is 112 cm³/mol. The SMILES string of the molecule is O=C(COc1ccc2c3c(c(=O)oc2c1)CCC3)N[C@H](Cc1ccc(Cl)cc1)C(=O)[O-]. The molecule has 1 aliphatic carbocycles. The van der Waals surface area contributed by atoms with Crippen molar-refractivity contribution in [2.45, 2.75) is 31.7 Å². The molecule has 0 fully saturated rings. The Bertz CT molecular complexity index is 1200. The summed E-state index contributed by atoms with van der Waals surface area (Å²) in [4.78, 5) is 35.8. The predicted octanol–water partition coefficient (Wildman–Crippen LogP) is 1.79. The van der Waals surface area contributed by atoms with Crippen molar-refractivity contribution in [1.82, 2.24) is 5.32 Å². The Labute approximate surface area is 182 Å². The lowest BCUT2D eigenvalue weighted by Gasteiger charge is -2.20. The molecule has 1 atom stereocenters. The number of halogens is 1. The van der Waals surface area contributed by atoms with E-state index in [1.54, 1.807) is 42.5 Å². The minimum Gasteiger partial charge on any atom is -0.548 e. The maximum absolute atomic E-state index is 12.2. The summed E-state index contributed by atoms with van der Waals surface area (Å²) >= 11 is 5.83. The molecule has 2 aromatic carbocycles. The van der Waals surface area contributed by atoms with Gasteiger partial charge in [-0.15, -0.1) is 0 Å². The zero-order chi connectivity index (χ0) is 22.0. The fourth-order valence-corrected chi connectivity index (χ4v) is 3.91. The van der Waals surface area contributed by atoms with Crippen molar-refractivity contribution in [2.24, 2.45) is 0 Å². The number of ether oxygens (including phenoxy) is 1. The van der Waals surface area contributed by atoms with Gasteiger partial charge in [0.25, 0.3) is 5.91 Å². The summed E-state index contributed by atoms with van der Waals surface area (Å²) < 4.78 is 10.9. The third-order valence-electron chi connectivity index (χ3n) is 5.29. The van der Waals surface area contributed by atoms with Gasteiger partial charge in [0.1, 0.15) is 11.3 Å². The van der Waals surface area contributed by atoms with Gasteiger partial charge in [-0.1, -0.05) is 23.7 Å². The van der Waals surface area contributed by atoms with Gasteiger partial charge in [-0.3, -0.25) is 4.79 Å². The van der Waals surface area contributed by atoms with Crippen LogP contribution in [0.2, 0.25) is 5.02 Å². The molecule has 1 heterocycles. The molecule has 1 aliphatic rings. The summed E-state index contributed by atoms with van der Waals surface area (Å²) in [7, 11) is 0. The zero-order valence-electron chi connectivity index (χ0n) is 16.5. The molecule has 0 radical (unpaired) electrons. The minimum absolute atomic E-state index is 0.0531. The molecule has 3 aromatic rings. The van der Waals surface area contributed by atoms with E-state index in [0.717, 1.165) is 35.8 Å². The van der Waals surface area contributed by atoms with Crippen molar-refractivity contribution in [2.75, 3.05) is 6.61 Å². The van der Waals surface area contributed by atoms with Crippen molar-refractivity contribution in [1.29, 1.82) is 0 Å². The van der Waals surface area contributed by atoms with E-state index in [1.807, 2.05) is 0 Å². The highest BCUT2D eigenvalue weighted by molar-refractivity contribution is 6.30. The lowest BCUT2D eigenvalue weighted by Crippen LogP contribution is -2.50. The summed E-state index contributed by atoms with van der Waals surface area (Å²) in [6.45, 7) is -0.398. The van der Waals surface area contributed by atoms with E-state index >= 15 is 0 Å². The molecule has 8 heteroatoms. The van der Waals surface area contributed by atoms with Gasteiger partial charge >= 0.3 is 5.63 Å². The van der Waals surface area contributed by atoms with E-state index in [0.29, 0.717) is 21.9 Å². The Morgan fingerprint density at radius 2 is 1.87 bits per heavy atom. The lowest BCUT2D eigenvalue weighted by molar-refractivity contribution is -0.308. The van der Waals surface area contributed by atoms with Crippen LogP contribution in [-0.4, -0.2) is 24.5 Å². The second-order valence-corrected chi connectivity index (χ2v) is 7.85. The number of benzene rings is 2. The molecule has 1 aromatic heterocycles. The number of carboxylic acid groups (broad SMARTS) is 1. The lowest BCUT2D eigenvalue weighted by atomic mass is 10.1. The van der Waals surface area contributed by atoms with Gasteiger partial charge < -0.3 is 24.4 Å². The van der Waals surface area contributed by atoms with E-state index in [-0.39, 0.29) is 12.0 Å². The Hall–Kier alpha value is -3.32. The smallest absolute Gasteiger partial charge is 0.339 e. The second kappa shape index (κ2) is 8.81. The van der Waals surface area contributed by atoms with Gasteiger partial charge in [0.05, 0.1) is 12.0 Å². The number of hydrogen-bond acceptors (Lipinski definition) is 6. The molecule has 0 saturated carbocycles. The van der Waals surface area contributed by atoms with Gasteiger partial charge in [0.2, 0.25) is 0 Å². The van der Waals surface area contributed by atoms with E-state index in [4.69, 9.17) is 20.8 Å². The number of rotatable bonds is 7.